The molecule has 1 amide bonds. The Balaban J connectivity index is 2.12. The molecule has 22 heavy (non-hydrogen) atoms. The molecule has 0 fully saturated rings. The van der Waals surface area contributed by atoms with Crippen LogP contribution in [0.3, 0.4) is 0 Å². The molecule has 1 aromatic carbocycles. The molecule has 7 heteroatoms. The van der Waals surface area contributed by atoms with Gasteiger partial charge in [-0.05, 0) is 31.2 Å². The van der Waals surface area contributed by atoms with E-state index in [1.54, 1.807) is 18.1 Å². The number of halogens is 1. The van der Waals surface area contributed by atoms with Crippen molar-refractivity contribution >= 4 is 11.7 Å². The molecule has 0 radical (unpaired) electrons. The topological polar surface area (TPSA) is 81.3 Å². The van der Waals surface area contributed by atoms with E-state index in [0.717, 1.165) is 0 Å². The van der Waals surface area contributed by atoms with Gasteiger partial charge in [0.1, 0.15) is 11.6 Å². The summed E-state index contributed by atoms with van der Waals surface area (Å²) < 4.78 is 18.4. The maximum Gasteiger partial charge on any atom is 0.239 e. The summed E-state index contributed by atoms with van der Waals surface area (Å²) in [6.45, 7) is 1.86. The van der Waals surface area contributed by atoms with Crippen LogP contribution in [0.5, 0.6) is 11.6 Å². The first-order valence-electron chi connectivity index (χ1n) is 6.72. The number of anilines is 1. The van der Waals surface area contributed by atoms with E-state index in [0.29, 0.717) is 11.6 Å². The molecule has 0 saturated heterocycles. The fraction of sp³-hybridized carbons (Fsp3) is 0.267. The van der Waals surface area contributed by atoms with E-state index in [9.17, 15) is 9.18 Å². The minimum Gasteiger partial charge on any atom is -0.437 e. The molecule has 1 atom stereocenters. The Kier molecular flexibility index (Phi) is 4.88. The van der Waals surface area contributed by atoms with Crippen LogP contribution in [0.25, 0.3) is 0 Å². The first-order valence-corrected chi connectivity index (χ1v) is 6.72. The molecule has 0 bridgehead atoms. The summed E-state index contributed by atoms with van der Waals surface area (Å²) in [5.74, 6) is 0.564. The van der Waals surface area contributed by atoms with Crippen LogP contribution in [0, 0.1) is 5.82 Å². The number of nitrogens with two attached hydrogens (primary N) is 1. The zero-order chi connectivity index (χ0) is 16.1. The molecule has 0 aliphatic carbocycles. The maximum atomic E-state index is 12.9. The third-order valence-electron chi connectivity index (χ3n) is 3.15. The van der Waals surface area contributed by atoms with E-state index in [1.165, 1.54) is 30.5 Å². The van der Waals surface area contributed by atoms with Gasteiger partial charge in [0.2, 0.25) is 11.8 Å². The molecule has 0 aliphatic heterocycles. The molecule has 1 heterocycles. The highest BCUT2D eigenvalue weighted by Gasteiger charge is 2.14. The van der Waals surface area contributed by atoms with E-state index in [4.69, 9.17) is 10.5 Å². The summed E-state index contributed by atoms with van der Waals surface area (Å²) >= 11 is 0. The first kappa shape index (κ1) is 15.7. The zero-order valence-electron chi connectivity index (χ0n) is 12.4. The molecule has 0 aliphatic rings. The second-order valence-corrected chi connectivity index (χ2v) is 4.90. The van der Waals surface area contributed by atoms with Crippen molar-refractivity contribution in [2.45, 2.75) is 19.4 Å². The van der Waals surface area contributed by atoms with Crippen molar-refractivity contribution in [1.82, 2.24) is 9.97 Å². The molecule has 2 aromatic rings. The van der Waals surface area contributed by atoms with E-state index >= 15 is 0 Å². The Bertz CT molecular complexity index is 648. The summed E-state index contributed by atoms with van der Waals surface area (Å²) in [6.07, 6.45) is 3.23. The monoisotopic (exact) mass is 304 g/mol. The number of hydrogen-bond donors (Lipinski definition) is 1. The minimum atomic E-state index is -0.383. The summed E-state index contributed by atoms with van der Waals surface area (Å²) in [6, 6.07) is 5.49. The fourth-order valence-corrected chi connectivity index (χ4v) is 1.83. The van der Waals surface area contributed by atoms with Gasteiger partial charge in [-0.1, -0.05) is 0 Å². The molecule has 2 rings (SSSR count). The maximum absolute atomic E-state index is 12.9. The molecular weight excluding hydrogens is 287 g/mol. The van der Waals surface area contributed by atoms with Gasteiger partial charge < -0.3 is 15.4 Å². The van der Waals surface area contributed by atoms with Crippen molar-refractivity contribution in [1.29, 1.82) is 0 Å². The number of rotatable bonds is 6. The smallest absolute Gasteiger partial charge is 0.239 e. The van der Waals surface area contributed by atoms with E-state index in [1.807, 2.05) is 6.92 Å². The van der Waals surface area contributed by atoms with Crippen LogP contribution in [0.15, 0.2) is 36.7 Å². The lowest BCUT2D eigenvalue weighted by molar-refractivity contribution is -0.118. The van der Waals surface area contributed by atoms with Gasteiger partial charge in [0.15, 0.2) is 5.82 Å². The Morgan fingerprint density at radius 3 is 2.68 bits per heavy atom. The fourth-order valence-electron chi connectivity index (χ4n) is 1.83. The minimum absolute atomic E-state index is 0.118. The third-order valence-corrected chi connectivity index (χ3v) is 3.15. The predicted octanol–water partition coefficient (Wildman–Crippen LogP) is 2.11. The van der Waals surface area contributed by atoms with Gasteiger partial charge in [0.05, 0.1) is 12.4 Å². The number of nitrogens with zero attached hydrogens (tertiary/aromatic N) is 3. The first-order chi connectivity index (χ1) is 10.5. The lowest BCUT2D eigenvalue weighted by Gasteiger charge is -2.24. The average Bonchev–Trinajstić information content (AvgIpc) is 2.48. The van der Waals surface area contributed by atoms with E-state index in [2.05, 4.69) is 9.97 Å². The Labute approximate surface area is 127 Å². The molecular formula is C15H17FN4O2. The molecule has 116 valence electrons. The molecule has 1 unspecified atom stereocenters. The van der Waals surface area contributed by atoms with Crippen molar-refractivity contribution in [3.05, 3.63) is 42.5 Å². The largest absolute Gasteiger partial charge is 0.437 e. The molecule has 0 spiro atoms. The highest BCUT2D eigenvalue weighted by molar-refractivity contribution is 5.74. The number of aromatic nitrogens is 2. The number of hydrogen-bond acceptors (Lipinski definition) is 5. The Morgan fingerprint density at radius 2 is 2.05 bits per heavy atom. The highest BCUT2D eigenvalue weighted by Crippen LogP contribution is 2.21. The Hall–Kier alpha value is -2.70. The van der Waals surface area contributed by atoms with Crippen LogP contribution in [-0.4, -0.2) is 29.0 Å². The number of ether oxygens (including phenoxy) is 1. The average molecular weight is 304 g/mol. The molecule has 0 saturated carbocycles. The number of primary amides is 1. The highest BCUT2D eigenvalue weighted by atomic mass is 19.1. The van der Waals surface area contributed by atoms with Crippen molar-refractivity contribution in [3.8, 4) is 11.6 Å². The van der Waals surface area contributed by atoms with Crippen molar-refractivity contribution in [2.75, 3.05) is 11.9 Å². The van der Waals surface area contributed by atoms with Gasteiger partial charge in [-0.15, -0.1) is 0 Å². The van der Waals surface area contributed by atoms with Crippen LogP contribution in [0.4, 0.5) is 10.2 Å². The van der Waals surface area contributed by atoms with E-state index in [-0.39, 0.29) is 30.1 Å². The summed E-state index contributed by atoms with van der Waals surface area (Å²) in [5, 5.41) is 0. The van der Waals surface area contributed by atoms with Gasteiger partial charge in [0.25, 0.3) is 0 Å². The SMILES string of the molecule is CC(CC(N)=O)N(C)c1cncc(Oc2ccc(F)cc2)n1. The number of carbonyl (C=O) groups excluding carboxylic acids is 1. The molecule has 6 nitrogen and oxygen atoms in total. The summed E-state index contributed by atoms with van der Waals surface area (Å²) in [4.78, 5) is 21.1. The number of amides is 1. The van der Waals surface area contributed by atoms with Crippen LogP contribution < -0.4 is 15.4 Å². The standard InChI is InChI=1S/C15H17FN4O2/c1-10(7-13(17)21)20(2)14-8-18-9-15(19-14)22-12-5-3-11(16)4-6-12/h3-6,8-10H,7H2,1-2H3,(H2,17,21). The lowest BCUT2D eigenvalue weighted by Crippen LogP contribution is -2.33. The second-order valence-electron chi connectivity index (χ2n) is 4.90. The Morgan fingerprint density at radius 1 is 1.36 bits per heavy atom. The van der Waals surface area contributed by atoms with Crippen molar-refractivity contribution in [2.24, 2.45) is 5.73 Å². The molecule has 1 aromatic heterocycles. The van der Waals surface area contributed by atoms with Gasteiger partial charge in [-0.3, -0.25) is 9.78 Å². The summed E-state index contributed by atoms with van der Waals surface area (Å²) in [5.41, 5.74) is 5.20. The number of carbonyl (C=O) groups is 1. The normalized spacial score (nSPS) is 11.8. The van der Waals surface area contributed by atoms with Gasteiger partial charge in [0, 0.05) is 19.5 Å². The van der Waals surface area contributed by atoms with Gasteiger partial charge >= 0.3 is 0 Å². The van der Waals surface area contributed by atoms with Crippen LogP contribution in [0.1, 0.15) is 13.3 Å². The summed E-state index contributed by atoms with van der Waals surface area (Å²) in [7, 11) is 1.79. The third kappa shape index (κ3) is 4.15. The zero-order valence-corrected chi connectivity index (χ0v) is 12.4. The van der Waals surface area contributed by atoms with E-state index < -0.39 is 0 Å². The van der Waals surface area contributed by atoms with Gasteiger partial charge in [-0.25, -0.2) is 4.39 Å². The molecule has 2 N–H and O–H groups in total. The lowest BCUT2D eigenvalue weighted by atomic mass is 10.2. The number of benzene rings is 1. The van der Waals surface area contributed by atoms with Crippen molar-refractivity contribution in [3.63, 3.8) is 0 Å². The second kappa shape index (κ2) is 6.84. The van der Waals surface area contributed by atoms with Gasteiger partial charge in [-0.2, -0.15) is 4.98 Å². The van der Waals surface area contributed by atoms with Crippen LogP contribution in [-0.2, 0) is 4.79 Å². The quantitative estimate of drug-likeness (QED) is 0.884. The predicted molar refractivity (Wildman–Crippen MR) is 80.2 cm³/mol. The van der Waals surface area contributed by atoms with Crippen LogP contribution in [0.2, 0.25) is 0 Å². The van der Waals surface area contributed by atoms with Crippen molar-refractivity contribution < 1.29 is 13.9 Å². The van der Waals surface area contributed by atoms with Crippen LogP contribution >= 0.6 is 0 Å².